The lowest BCUT2D eigenvalue weighted by atomic mass is 9.46. The van der Waals surface area contributed by atoms with Gasteiger partial charge in [-0.1, -0.05) is 39.5 Å². The normalized spacial score (nSPS) is 45.8. The fraction of sp³-hybridized carbons (Fsp3) is 0.815. The van der Waals surface area contributed by atoms with Crippen LogP contribution in [0.1, 0.15) is 90.5 Å². The van der Waals surface area contributed by atoms with Gasteiger partial charge in [0.25, 0.3) is 0 Å². The SMILES string of the molecule is C[C@@]12CCC[C@@]1(C)C1C(C3CCCCC3C[C@@H]1C(=O)Cn1cc(C#N)cn1)[C@](C)(O)CC2. The Morgan fingerprint density at radius 2 is 1.94 bits per heavy atom. The molecule has 1 aromatic rings. The van der Waals surface area contributed by atoms with Gasteiger partial charge in [0.2, 0.25) is 0 Å². The largest absolute Gasteiger partial charge is 0.390 e. The molecule has 0 saturated heterocycles. The topological polar surface area (TPSA) is 78.9 Å². The Hall–Kier alpha value is -1.67. The number of aromatic nitrogens is 2. The van der Waals surface area contributed by atoms with E-state index in [1.54, 1.807) is 17.1 Å². The van der Waals surface area contributed by atoms with Gasteiger partial charge in [0.05, 0.1) is 23.9 Å². The van der Waals surface area contributed by atoms with E-state index in [1.165, 1.54) is 44.9 Å². The van der Waals surface area contributed by atoms with E-state index in [1.807, 2.05) is 0 Å². The Bertz CT molecular complexity index is 930. The molecular weight excluding hydrogens is 398 g/mol. The summed E-state index contributed by atoms with van der Waals surface area (Å²) < 4.78 is 1.65. The van der Waals surface area contributed by atoms with Crippen LogP contribution in [0.5, 0.6) is 0 Å². The van der Waals surface area contributed by atoms with Crippen LogP contribution in [0.25, 0.3) is 0 Å². The Morgan fingerprint density at radius 3 is 2.69 bits per heavy atom. The van der Waals surface area contributed by atoms with Crippen molar-refractivity contribution in [2.24, 2.45) is 40.4 Å². The van der Waals surface area contributed by atoms with Crippen LogP contribution < -0.4 is 0 Å². The summed E-state index contributed by atoms with van der Waals surface area (Å²) in [6.07, 6.45) is 14.6. The molecule has 0 aliphatic heterocycles. The molecule has 0 amide bonds. The number of nitrogens with zero attached hydrogens (tertiary/aromatic N) is 3. The number of Topliss-reactive ketones (excluding diaryl/α,β-unsaturated/α-hetero) is 1. The standard InChI is InChI=1S/C27H39N3O2/c1-25-9-6-10-26(25,2)23-21(22(31)17-30-16-18(14-28)15-29-30)13-19-7-4-5-8-20(19)24(23)27(3,32)12-11-25/h15-16,19-21,23-24,32H,4-13,17H2,1-3H3/t19?,20?,21-,23?,24?,25+,26+,27-/m1/s1. The maximum Gasteiger partial charge on any atom is 0.157 e. The minimum absolute atomic E-state index is 0.0268. The molecule has 0 spiro atoms. The van der Waals surface area contributed by atoms with E-state index in [0.29, 0.717) is 17.4 Å². The van der Waals surface area contributed by atoms with Crippen molar-refractivity contribution in [1.82, 2.24) is 9.78 Å². The minimum Gasteiger partial charge on any atom is -0.390 e. The average molecular weight is 438 g/mol. The van der Waals surface area contributed by atoms with Crippen LogP contribution in [0, 0.1) is 51.8 Å². The van der Waals surface area contributed by atoms with Crippen LogP contribution in [0.4, 0.5) is 0 Å². The first-order valence-electron chi connectivity index (χ1n) is 12.9. The first-order chi connectivity index (χ1) is 15.2. The molecule has 0 radical (unpaired) electrons. The van der Waals surface area contributed by atoms with Crippen molar-refractivity contribution in [2.75, 3.05) is 0 Å². The fourth-order valence-electron chi connectivity index (χ4n) is 8.90. The molecule has 4 aliphatic carbocycles. The van der Waals surface area contributed by atoms with Gasteiger partial charge in [0.15, 0.2) is 5.78 Å². The number of nitriles is 1. The molecule has 4 unspecified atom stereocenters. The van der Waals surface area contributed by atoms with E-state index >= 15 is 0 Å². The molecule has 1 N–H and O–H groups in total. The average Bonchev–Trinajstić information content (AvgIpc) is 3.33. The van der Waals surface area contributed by atoms with Gasteiger partial charge in [-0.3, -0.25) is 9.48 Å². The Kier molecular flexibility index (Phi) is 5.32. The molecule has 32 heavy (non-hydrogen) atoms. The lowest BCUT2D eigenvalue weighted by Gasteiger charge is -2.59. The molecule has 5 heteroatoms. The van der Waals surface area contributed by atoms with Gasteiger partial charge >= 0.3 is 0 Å². The number of hydrogen-bond donors (Lipinski definition) is 1. The molecule has 4 aliphatic rings. The summed E-state index contributed by atoms with van der Waals surface area (Å²) in [5.41, 5.74) is 0.0678. The van der Waals surface area contributed by atoms with Crippen LogP contribution in [-0.4, -0.2) is 26.3 Å². The summed E-state index contributed by atoms with van der Waals surface area (Å²) in [6.45, 7) is 7.23. The lowest BCUT2D eigenvalue weighted by Crippen LogP contribution is -2.58. The number of carbonyl (C=O) groups is 1. The number of ketones is 1. The van der Waals surface area contributed by atoms with Crippen LogP contribution in [0.3, 0.4) is 0 Å². The first-order valence-corrected chi connectivity index (χ1v) is 12.9. The molecule has 5 rings (SSSR count). The van der Waals surface area contributed by atoms with E-state index in [0.717, 1.165) is 19.3 Å². The lowest BCUT2D eigenvalue weighted by molar-refractivity contribution is -0.161. The molecule has 0 aromatic carbocycles. The molecule has 1 aromatic heterocycles. The second kappa shape index (κ2) is 7.69. The molecule has 5 nitrogen and oxygen atoms in total. The number of fused-ring (bicyclic) bond motifs is 5. The number of hydrogen-bond acceptors (Lipinski definition) is 4. The van der Waals surface area contributed by atoms with E-state index in [4.69, 9.17) is 5.26 Å². The molecule has 174 valence electrons. The molecule has 0 bridgehead atoms. The van der Waals surface area contributed by atoms with Crippen molar-refractivity contribution in [3.8, 4) is 6.07 Å². The van der Waals surface area contributed by atoms with Gasteiger partial charge in [-0.25, -0.2) is 0 Å². The fourth-order valence-corrected chi connectivity index (χ4v) is 8.90. The van der Waals surface area contributed by atoms with Crippen molar-refractivity contribution >= 4 is 5.78 Å². The predicted molar refractivity (Wildman–Crippen MR) is 122 cm³/mol. The summed E-state index contributed by atoms with van der Waals surface area (Å²) in [5, 5.41) is 25.4. The summed E-state index contributed by atoms with van der Waals surface area (Å²) >= 11 is 0. The summed E-state index contributed by atoms with van der Waals surface area (Å²) in [7, 11) is 0. The summed E-state index contributed by atoms with van der Waals surface area (Å²) in [6, 6.07) is 2.12. The van der Waals surface area contributed by atoms with Gasteiger partial charge in [-0.15, -0.1) is 0 Å². The molecular formula is C27H39N3O2. The first kappa shape index (κ1) is 22.1. The van der Waals surface area contributed by atoms with Gasteiger partial charge < -0.3 is 5.11 Å². The molecule has 4 saturated carbocycles. The minimum atomic E-state index is -0.708. The Balaban J connectivity index is 1.57. The molecule has 1 heterocycles. The highest BCUT2D eigenvalue weighted by atomic mass is 16.3. The monoisotopic (exact) mass is 437 g/mol. The highest BCUT2D eigenvalue weighted by Gasteiger charge is 2.65. The maximum absolute atomic E-state index is 13.9. The zero-order chi connectivity index (χ0) is 22.7. The van der Waals surface area contributed by atoms with E-state index in [-0.39, 0.29) is 40.9 Å². The van der Waals surface area contributed by atoms with Crippen molar-refractivity contribution in [3.05, 3.63) is 18.0 Å². The van der Waals surface area contributed by atoms with Crippen LogP contribution in [0.15, 0.2) is 12.4 Å². The van der Waals surface area contributed by atoms with Crippen molar-refractivity contribution in [3.63, 3.8) is 0 Å². The zero-order valence-corrected chi connectivity index (χ0v) is 20.0. The van der Waals surface area contributed by atoms with E-state index < -0.39 is 5.60 Å². The third-order valence-electron chi connectivity index (χ3n) is 10.7. The third kappa shape index (κ3) is 3.28. The Labute approximate surface area is 192 Å². The third-order valence-corrected chi connectivity index (χ3v) is 10.7. The van der Waals surface area contributed by atoms with Crippen molar-refractivity contribution in [1.29, 1.82) is 5.26 Å². The number of aliphatic hydroxyl groups is 1. The summed E-state index contributed by atoms with van der Waals surface area (Å²) in [5.74, 6) is 1.75. The Morgan fingerprint density at radius 1 is 1.16 bits per heavy atom. The van der Waals surface area contributed by atoms with Gasteiger partial charge in [-0.2, -0.15) is 10.4 Å². The van der Waals surface area contributed by atoms with Gasteiger partial charge in [0.1, 0.15) is 6.07 Å². The van der Waals surface area contributed by atoms with Gasteiger partial charge in [0, 0.05) is 12.1 Å². The number of rotatable bonds is 3. The second-order valence-electron chi connectivity index (χ2n) is 12.3. The molecule has 4 fully saturated rings. The van der Waals surface area contributed by atoms with Crippen molar-refractivity contribution < 1.29 is 9.90 Å². The van der Waals surface area contributed by atoms with Gasteiger partial charge in [-0.05, 0) is 80.0 Å². The van der Waals surface area contributed by atoms with Crippen molar-refractivity contribution in [2.45, 2.75) is 97.1 Å². The highest BCUT2D eigenvalue weighted by molar-refractivity contribution is 5.81. The number of carbonyl (C=O) groups excluding carboxylic acids is 1. The maximum atomic E-state index is 13.9. The summed E-state index contributed by atoms with van der Waals surface area (Å²) in [4.78, 5) is 13.9. The van der Waals surface area contributed by atoms with Crippen LogP contribution >= 0.6 is 0 Å². The second-order valence-corrected chi connectivity index (χ2v) is 12.3. The highest BCUT2D eigenvalue weighted by Crippen LogP contribution is 2.69. The quantitative estimate of drug-likeness (QED) is 0.711. The van der Waals surface area contributed by atoms with Crippen LogP contribution in [0.2, 0.25) is 0 Å². The van der Waals surface area contributed by atoms with E-state index in [2.05, 4.69) is 31.9 Å². The molecule has 8 atom stereocenters. The smallest absolute Gasteiger partial charge is 0.157 e. The predicted octanol–water partition coefficient (Wildman–Crippen LogP) is 5.12. The van der Waals surface area contributed by atoms with E-state index in [9.17, 15) is 9.90 Å². The zero-order valence-electron chi connectivity index (χ0n) is 20.0. The van der Waals surface area contributed by atoms with Crippen LogP contribution in [-0.2, 0) is 11.3 Å².